The molecule has 0 bridgehead atoms. The van der Waals surface area contributed by atoms with Gasteiger partial charge in [-0.1, -0.05) is 121 Å². The van der Waals surface area contributed by atoms with Crippen LogP contribution in [-0.4, -0.2) is 88.7 Å². The topological polar surface area (TPSA) is 183 Å². The van der Waals surface area contributed by atoms with Crippen molar-refractivity contribution in [3.63, 3.8) is 0 Å². The molecular formula is C54H61ClN6O7S. The van der Waals surface area contributed by atoms with Crippen molar-refractivity contribution >= 4 is 46.6 Å². The Hall–Kier alpha value is -6.11. The molecule has 5 aromatic rings. The van der Waals surface area contributed by atoms with Crippen molar-refractivity contribution in [3.05, 3.63) is 129 Å². The number of thiazole rings is 1. The van der Waals surface area contributed by atoms with Crippen molar-refractivity contribution in [2.75, 3.05) is 19.8 Å². The van der Waals surface area contributed by atoms with E-state index in [0.717, 1.165) is 38.4 Å². The van der Waals surface area contributed by atoms with Gasteiger partial charge in [0.05, 0.1) is 39.4 Å². The van der Waals surface area contributed by atoms with Crippen LogP contribution in [0.3, 0.4) is 0 Å². The van der Waals surface area contributed by atoms with Gasteiger partial charge in [-0.25, -0.2) is 4.98 Å². The summed E-state index contributed by atoms with van der Waals surface area (Å²) in [6.45, 7) is 16.0. The summed E-state index contributed by atoms with van der Waals surface area (Å²) >= 11 is 7.82. The molecule has 1 aliphatic heterocycles. The van der Waals surface area contributed by atoms with E-state index in [-0.39, 0.29) is 56.7 Å². The maximum atomic E-state index is 14.0. The molecule has 1 saturated carbocycles. The molecule has 362 valence electrons. The van der Waals surface area contributed by atoms with E-state index in [1.54, 1.807) is 29.5 Å². The molecule has 4 aromatic carbocycles. The lowest BCUT2D eigenvalue weighted by Gasteiger charge is -2.63. The highest BCUT2D eigenvalue weighted by atomic mass is 35.5. The minimum atomic E-state index is -0.967. The second-order valence-electron chi connectivity index (χ2n) is 20.3. The van der Waals surface area contributed by atoms with Crippen molar-refractivity contribution in [2.45, 2.75) is 105 Å². The number of rotatable bonds is 16. The first-order chi connectivity index (χ1) is 32.7. The summed E-state index contributed by atoms with van der Waals surface area (Å²) in [5.74, 6) is -0.869. The molecule has 3 unspecified atom stereocenters. The standard InChI is InChI=1S/C54H61ClN6O7S/c1-32-45(69-31-58-32)37-15-11-34(12-16-37)28-57-48(65)43-25-40(62)29-61(43)49(66)46(52(2,3)4)59-44(63)30-67-24-23-33-9-13-35(14-10-33)36-17-19-38(20-18-36)47(64)60-50-53(5,6)51(54(50,7)8)68-41-22-21-39(27-56)42(55)26-41/h9-22,26,31,40,43,46,50-51,62H,23-25,28-30H2,1-8H3,(H,57,65)(H,59,63)(H,60,64). The van der Waals surface area contributed by atoms with Crippen LogP contribution in [0.4, 0.5) is 0 Å². The highest BCUT2D eigenvalue weighted by Crippen LogP contribution is 2.55. The number of ether oxygens (including phenoxy) is 2. The van der Waals surface area contributed by atoms with Crippen LogP contribution < -0.4 is 20.7 Å². The molecule has 2 fully saturated rings. The SMILES string of the molecule is Cc1ncsc1-c1ccc(CNC(=O)C2CC(O)CN2C(=O)C(NC(=O)COCCc2ccc(-c3ccc(C(=O)NC4C(C)(C)C(Oc5ccc(C#N)c(Cl)c5)C4(C)C)cc3)cc2)C(C)(C)C)cc1. The van der Waals surface area contributed by atoms with Gasteiger partial charge in [0.15, 0.2) is 0 Å². The number of aryl methyl sites for hydroxylation is 1. The molecule has 15 heteroatoms. The summed E-state index contributed by atoms with van der Waals surface area (Å²) in [6.07, 6.45) is -0.445. The number of carbonyl (C=O) groups excluding carboxylic acids is 4. The van der Waals surface area contributed by atoms with Gasteiger partial charge in [-0.2, -0.15) is 5.26 Å². The van der Waals surface area contributed by atoms with Crippen molar-refractivity contribution in [1.29, 1.82) is 5.26 Å². The lowest BCUT2D eigenvalue weighted by molar-refractivity contribution is -0.164. The summed E-state index contributed by atoms with van der Waals surface area (Å²) < 4.78 is 12.1. The van der Waals surface area contributed by atoms with Gasteiger partial charge in [-0.15, -0.1) is 11.3 Å². The van der Waals surface area contributed by atoms with Crippen LogP contribution in [0.5, 0.6) is 5.75 Å². The highest BCUT2D eigenvalue weighted by Gasteiger charge is 2.64. The van der Waals surface area contributed by atoms with Crippen molar-refractivity contribution in [3.8, 4) is 33.4 Å². The summed E-state index contributed by atoms with van der Waals surface area (Å²) in [5, 5.41) is 29.2. The third kappa shape index (κ3) is 11.5. The van der Waals surface area contributed by atoms with Crippen molar-refractivity contribution in [1.82, 2.24) is 25.8 Å². The molecule has 13 nitrogen and oxygen atoms in total. The maximum Gasteiger partial charge on any atom is 0.251 e. The van der Waals surface area contributed by atoms with Gasteiger partial charge in [0, 0.05) is 48.0 Å². The van der Waals surface area contributed by atoms with Gasteiger partial charge in [0.25, 0.3) is 5.91 Å². The number of halogens is 1. The number of nitrogens with zero attached hydrogens (tertiary/aromatic N) is 3. The molecule has 1 aromatic heterocycles. The Morgan fingerprint density at radius 2 is 1.55 bits per heavy atom. The van der Waals surface area contributed by atoms with E-state index in [1.807, 2.05) is 106 Å². The predicted octanol–water partition coefficient (Wildman–Crippen LogP) is 8.29. The Balaban J connectivity index is 0.858. The van der Waals surface area contributed by atoms with E-state index >= 15 is 0 Å². The number of likely N-dealkylation sites (tertiary alicyclic amines) is 1. The van der Waals surface area contributed by atoms with Crippen molar-refractivity contribution in [2.24, 2.45) is 16.2 Å². The number of hydrogen-bond donors (Lipinski definition) is 4. The van der Waals surface area contributed by atoms with Crippen LogP contribution >= 0.6 is 22.9 Å². The molecule has 1 saturated heterocycles. The quantitative estimate of drug-likeness (QED) is 0.0707. The highest BCUT2D eigenvalue weighted by molar-refractivity contribution is 7.13. The van der Waals surface area contributed by atoms with E-state index in [4.69, 9.17) is 21.1 Å². The average molecular weight is 974 g/mol. The van der Waals surface area contributed by atoms with Gasteiger partial charge < -0.3 is 35.4 Å². The largest absolute Gasteiger partial charge is 0.489 e. The monoisotopic (exact) mass is 972 g/mol. The average Bonchev–Trinajstić information content (AvgIpc) is 3.94. The fourth-order valence-corrected chi connectivity index (χ4v) is 10.9. The number of β-amino-alcohol motifs (C(OH)–C–C–N with tert-alkyl or cyclic N) is 1. The fraction of sp³-hybridized carbons (Fsp3) is 0.407. The number of nitrogens with one attached hydrogen (secondary N) is 3. The van der Waals surface area contributed by atoms with Gasteiger partial charge in [0.1, 0.15) is 36.6 Å². The molecule has 7 rings (SSSR count). The Kier molecular flexibility index (Phi) is 15.3. The van der Waals surface area contributed by atoms with Crippen molar-refractivity contribution < 1.29 is 33.8 Å². The zero-order valence-electron chi connectivity index (χ0n) is 40.4. The normalized spacial score (nSPS) is 19.7. The Labute approximate surface area is 413 Å². The van der Waals surface area contributed by atoms with E-state index in [9.17, 15) is 29.5 Å². The number of aliphatic hydroxyl groups excluding tert-OH is 1. The van der Waals surface area contributed by atoms with E-state index in [2.05, 4.69) is 54.7 Å². The molecule has 3 atom stereocenters. The predicted molar refractivity (Wildman–Crippen MR) is 267 cm³/mol. The zero-order chi connectivity index (χ0) is 49.8. The van der Waals surface area contributed by atoms with E-state index < -0.39 is 46.2 Å². The Bertz CT molecular complexity index is 2690. The molecule has 0 spiro atoms. The Morgan fingerprint density at radius 1 is 0.928 bits per heavy atom. The number of carbonyl (C=O) groups is 4. The molecule has 2 heterocycles. The van der Waals surface area contributed by atoms with Gasteiger partial charge >= 0.3 is 0 Å². The second kappa shape index (κ2) is 20.9. The maximum absolute atomic E-state index is 14.0. The number of aliphatic hydroxyl groups is 1. The summed E-state index contributed by atoms with van der Waals surface area (Å²) in [6, 6.07) is 28.4. The van der Waals surface area contributed by atoms with E-state index in [0.29, 0.717) is 28.3 Å². The fourth-order valence-electron chi connectivity index (χ4n) is 9.83. The van der Waals surface area contributed by atoms with Crippen LogP contribution in [0.25, 0.3) is 21.6 Å². The molecular weight excluding hydrogens is 912 g/mol. The first kappa shape index (κ1) is 50.8. The lowest BCUT2D eigenvalue weighted by atomic mass is 9.49. The summed E-state index contributed by atoms with van der Waals surface area (Å²) in [7, 11) is 0. The second-order valence-corrected chi connectivity index (χ2v) is 21.6. The van der Waals surface area contributed by atoms with Crippen LogP contribution in [0.1, 0.15) is 87.6 Å². The summed E-state index contributed by atoms with van der Waals surface area (Å²) in [5.41, 5.74) is 7.09. The van der Waals surface area contributed by atoms with E-state index in [1.165, 1.54) is 4.90 Å². The number of benzene rings is 4. The number of aromatic nitrogens is 1. The smallest absolute Gasteiger partial charge is 0.251 e. The van der Waals surface area contributed by atoms with Gasteiger partial charge in [-0.05, 0) is 70.8 Å². The van der Waals surface area contributed by atoms with Crippen LogP contribution in [0.2, 0.25) is 5.02 Å². The summed E-state index contributed by atoms with van der Waals surface area (Å²) in [4.78, 5) is 61.0. The number of hydrogen-bond acceptors (Lipinski definition) is 10. The number of amides is 4. The third-order valence-electron chi connectivity index (χ3n) is 13.3. The molecule has 4 N–H and O–H groups in total. The third-order valence-corrected chi connectivity index (χ3v) is 14.6. The molecule has 0 radical (unpaired) electrons. The number of nitriles is 1. The molecule has 69 heavy (non-hydrogen) atoms. The van der Waals surface area contributed by atoms with Crippen LogP contribution in [0.15, 0.2) is 96.5 Å². The van der Waals surface area contributed by atoms with Gasteiger partial charge in [0.2, 0.25) is 17.7 Å². The Morgan fingerprint density at radius 3 is 2.14 bits per heavy atom. The zero-order valence-corrected chi connectivity index (χ0v) is 42.0. The van der Waals surface area contributed by atoms with Gasteiger partial charge in [-0.3, -0.25) is 19.2 Å². The lowest BCUT2D eigenvalue weighted by Crippen LogP contribution is -2.74. The first-order valence-electron chi connectivity index (χ1n) is 23.2. The minimum Gasteiger partial charge on any atom is -0.489 e. The molecule has 4 amide bonds. The minimum absolute atomic E-state index is 0.0179. The van der Waals surface area contributed by atoms with Crippen LogP contribution in [-0.2, 0) is 32.1 Å². The molecule has 2 aliphatic rings. The van der Waals surface area contributed by atoms with Crippen LogP contribution in [0, 0.1) is 34.5 Å². The first-order valence-corrected chi connectivity index (χ1v) is 24.4. The molecule has 1 aliphatic carbocycles.